The van der Waals surface area contributed by atoms with Crippen LogP contribution in [0.1, 0.15) is 22.3 Å². The summed E-state index contributed by atoms with van der Waals surface area (Å²) in [7, 11) is 0. The van der Waals surface area contributed by atoms with Crippen molar-refractivity contribution in [2.24, 2.45) is 0 Å². The Kier molecular flexibility index (Phi) is 2.40. The van der Waals surface area contributed by atoms with Gasteiger partial charge in [-0.1, -0.05) is 6.07 Å². The Balaban J connectivity index is 2.66. The number of hydrogen-bond acceptors (Lipinski definition) is 2. The monoisotopic (exact) mass is 228 g/mol. The number of carboxylic acid groups (broad SMARTS) is 1. The molecule has 0 aliphatic carbocycles. The Morgan fingerprint density at radius 2 is 2.13 bits per heavy atom. The Morgan fingerprint density at radius 3 is 2.73 bits per heavy atom. The zero-order chi connectivity index (χ0) is 11.0. The summed E-state index contributed by atoms with van der Waals surface area (Å²) in [6.45, 7) is 0. The molecule has 0 unspecified atom stereocenters. The van der Waals surface area contributed by atoms with Crippen LogP contribution in [0.25, 0.3) is 10.1 Å². The average Bonchev–Trinajstić information content (AvgIpc) is 2.59. The van der Waals surface area contributed by atoms with Crippen LogP contribution in [-0.4, -0.2) is 11.1 Å². The summed E-state index contributed by atoms with van der Waals surface area (Å²) < 4.78 is 25.5. The zero-order valence-electron chi connectivity index (χ0n) is 7.41. The third-order valence-electron chi connectivity index (χ3n) is 2.08. The van der Waals surface area contributed by atoms with E-state index in [4.69, 9.17) is 5.11 Å². The van der Waals surface area contributed by atoms with Crippen LogP contribution in [0, 0.1) is 0 Å². The lowest BCUT2D eigenvalue weighted by molar-refractivity contribution is 0.0699. The Labute approximate surface area is 87.8 Å². The maximum Gasteiger partial charge on any atom is 0.337 e. The van der Waals surface area contributed by atoms with Crippen molar-refractivity contribution in [1.82, 2.24) is 0 Å². The van der Waals surface area contributed by atoms with E-state index in [-0.39, 0.29) is 11.1 Å². The minimum atomic E-state index is -2.57. The van der Waals surface area contributed by atoms with Gasteiger partial charge in [-0.05, 0) is 12.1 Å². The van der Waals surface area contributed by atoms with Crippen LogP contribution in [0.5, 0.6) is 0 Å². The van der Waals surface area contributed by atoms with Gasteiger partial charge in [-0.3, -0.25) is 0 Å². The van der Waals surface area contributed by atoms with E-state index >= 15 is 0 Å². The minimum Gasteiger partial charge on any atom is -0.478 e. The van der Waals surface area contributed by atoms with Crippen LogP contribution >= 0.6 is 11.3 Å². The molecular weight excluding hydrogens is 222 g/mol. The molecular formula is C10H6F2O2S. The molecule has 1 N–H and O–H groups in total. The molecule has 2 rings (SSSR count). The fraction of sp³-hybridized carbons (Fsp3) is 0.100. The first kappa shape index (κ1) is 10.0. The zero-order valence-corrected chi connectivity index (χ0v) is 8.22. The molecule has 0 saturated carbocycles. The average molecular weight is 228 g/mol. The number of alkyl halides is 2. The molecule has 0 aliphatic heterocycles. The predicted octanol–water partition coefficient (Wildman–Crippen LogP) is 3.54. The third-order valence-corrected chi connectivity index (χ3v) is 3.04. The lowest BCUT2D eigenvalue weighted by Gasteiger charge is -1.99. The molecule has 0 saturated heterocycles. The second-order valence-electron chi connectivity index (χ2n) is 3.01. The molecule has 1 heterocycles. The topological polar surface area (TPSA) is 37.3 Å². The highest BCUT2D eigenvalue weighted by Crippen LogP contribution is 2.30. The SMILES string of the molecule is O=C(O)c1csc2ccc(C(F)F)cc12. The molecule has 0 amide bonds. The van der Waals surface area contributed by atoms with Crippen molar-refractivity contribution in [2.45, 2.75) is 6.43 Å². The fourth-order valence-electron chi connectivity index (χ4n) is 1.35. The quantitative estimate of drug-likeness (QED) is 0.853. The van der Waals surface area contributed by atoms with Crippen LogP contribution in [0.15, 0.2) is 23.6 Å². The molecule has 5 heteroatoms. The van der Waals surface area contributed by atoms with Crippen molar-refractivity contribution in [1.29, 1.82) is 0 Å². The highest BCUT2D eigenvalue weighted by molar-refractivity contribution is 7.17. The first-order valence-electron chi connectivity index (χ1n) is 4.12. The van der Waals surface area contributed by atoms with Crippen molar-refractivity contribution in [2.75, 3.05) is 0 Å². The first-order chi connectivity index (χ1) is 7.09. The minimum absolute atomic E-state index is 0.0810. The van der Waals surface area contributed by atoms with Gasteiger partial charge in [-0.25, -0.2) is 13.6 Å². The number of fused-ring (bicyclic) bond motifs is 1. The number of halogens is 2. The van der Waals surface area contributed by atoms with E-state index in [9.17, 15) is 13.6 Å². The molecule has 1 aromatic carbocycles. The molecule has 2 aromatic rings. The number of thiophene rings is 1. The number of carboxylic acids is 1. The molecule has 1 aromatic heterocycles. The number of benzene rings is 1. The molecule has 78 valence electrons. The van der Waals surface area contributed by atoms with Gasteiger partial charge in [0.25, 0.3) is 6.43 Å². The molecule has 0 aliphatic rings. The lowest BCUT2D eigenvalue weighted by atomic mass is 10.1. The summed E-state index contributed by atoms with van der Waals surface area (Å²) in [5, 5.41) is 10.7. The molecule has 0 atom stereocenters. The number of carbonyl (C=O) groups is 1. The third kappa shape index (κ3) is 1.70. The van der Waals surface area contributed by atoms with Crippen LogP contribution in [0.4, 0.5) is 8.78 Å². The standard InChI is InChI=1S/C10H6F2O2S/c11-9(12)5-1-2-8-6(3-5)7(4-15-8)10(13)14/h1-4,9H,(H,13,14). The van der Waals surface area contributed by atoms with E-state index in [1.54, 1.807) is 0 Å². The van der Waals surface area contributed by atoms with Gasteiger partial charge in [0, 0.05) is 21.0 Å². The molecule has 0 radical (unpaired) electrons. The van der Waals surface area contributed by atoms with Crippen LogP contribution < -0.4 is 0 Å². The van der Waals surface area contributed by atoms with E-state index in [1.807, 2.05) is 0 Å². The maximum absolute atomic E-state index is 12.4. The van der Waals surface area contributed by atoms with E-state index in [1.165, 1.54) is 34.9 Å². The number of aromatic carboxylic acids is 1. The number of hydrogen-bond donors (Lipinski definition) is 1. The smallest absolute Gasteiger partial charge is 0.337 e. The first-order valence-corrected chi connectivity index (χ1v) is 5.00. The van der Waals surface area contributed by atoms with Crippen LogP contribution in [-0.2, 0) is 0 Å². The second-order valence-corrected chi connectivity index (χ2v) is 3.92. The summed E-state index contributed by atoms with van der Waals surface area (Å²) >= 11 is 1.24. The summed E-state index contributed by atoms with van der Waals surface area (Å²) in [4.78, 5) is 10.8. The van der Waals surface area contributed by atoms with Gasteiger partial charge < -0.3 is 5.11 Å². The maximum atomic E-state index is 12.4. The van der Waals surface area contributed by atoms with Gasteiger partial charge in [0.15, 0.2) is 0 Å². The molecule has 2 nitrogen and oxygen atoms in total. The summed E-state index contributed by atoms with van der Waals surface area (Å²) in [5.41, 5.74) is -0.0686. The van der Waals surface area contributed by atoms with Gasteiger partial charge in [0.2, 0.25) is 0 Å². The van der Waals surface area contributed by atoms with Gasteiger partial charge in [-0.2, -0.15) is 0 Å². The van der Waals surface area contributed by atoms with Gasteiger partial charge in [0.05, 0.1) is 5.56 Å². The van der Waals surface area contributed by atoms with Crippen LogP contribution in [0.3, 0.4) is 0 Å². The molecule has 15 heavy (non-hydrogen) atoms. The molecule has 0 bridgehead atoms. The second kappa shape index (κ2) is 3.58. The van der Waals surface area contributed by atoms with Crippen LogP contribution in [0.2, 0.25) is 0 Å². The fourth-order valence-corrected chi connectivity index (χ4v) is 2.26. The van der Waals surface area contributed by atoms with Crippen molar-refractivity contribution < 1.29 is 18.7 Å². The van der Waals surface area contributed by atoms with E-state index in [0.29, 0.717) is 10.1 Å². The van der Waals surface area contributed by atoms with E-state index in [2.05, 4.69) is 0 Å². The Hall–Kier alpha value is -1.49. The largest absolute Gasteiger partial charge is 0.478 e. The highest BCUT2D eigenvalue weighted by atomic mass is 32.1. The Morgan fingerprint density at radius 1 is 1.40 bits per heavy atom. The highest BCUT2D eigenvalue weighted by Gasteiger charge is 2.13. The normalized spacial score (nSPS) is 11.1. The molecule has 0 fully saturated rings. The predicted molar refractivity (Wildman–Crippen MR) is 53.7 cm³/mol. The van der Waals surface area contributed by atoms with Crippen molar-refractivity contribution in [3.8, 4) is 0 Å². The van der Waals surface area contributed by atoms with Gasteiger partial charge in [0.1, 0.15) is 0 Å². The molecule has 0 spiro atoms. The number of rotatable bonds is 2. The van der Waals surface area contributed by atoms with Crippen molar-refractivity contribution in [3.05, 3.63) is 34.7 Å². The van der Waals surface area contributed by atoms with Crippen molar-refractivity contribution in [3.63, 3.8) is 0 Å². The van der Waals surface area contributed by atoms with E-state index < -0.39 is 12.4 Å². The van der Waals surface area contributed by atoms with Gasteiger partial charge >= 0.3 is 5.97 Å². The van der Waals surface area contributed by atoms with E-state index in [0.717, 1.165) is 0 Å². The summed E-state index contributed by atoms with van der Waals surface area (Å²) in [5.74, 6) is -1.09. The van der Waals surface area contributed by atoms with Gasteiger partial charge in [-0.15, -0.1) is 11.3 Å². The summed E-state index contributed by atoms with van der Waals surface area (Å²) in [6, 6.07) is 4.07. The lowest BCUT2D eigenvalue weighted by Crippen LogP contribution is -1.94. The Bertz CT molecular complexity index is 519. The van der Waals surface area contributed by atoms with Crippen molar-refractivity contribution >= 4 is 27.4 Å². The summed E-state index contributed by atoms with van der Waals surface area (Å²) in [6.07, 6.45) is -2.57.